The Bertz CT molecular complexity index is 792. The van der Waals surface area contributed by atoms with E-state index in [1.54, 1.807) is 24.3 Å². The van der Waals surface area contributed by atoms with Gasteiger partial charge in [-0.1, -0.05) is 24.3 Å². The lowest BCUT2D eigenvalue weighted by Crippen LogP contribution is -2.07. The highest BCUT2D eigenvalue weighted by molar-refractivity contribution is 6.21. The van der Waals surface area contributed by atoms with Crippen molar-refractivity contribution in [2.75, 3.05) is 6.79 Å². The molecule has 0 aliphatic carbocycles. The fourth-order valence-corrected chi connectivity index (χ4v) is 2.45. The number of carbonyl (C=O) groups is 1. The number of benzene rings is 2. The standard InChI is InChI=1S/C19H18O5/c1-12(2)24-16-6-4-3-5-14(16)9-15(19(20)21)13-7-8-17-18(10-13)23-11-22-17/h3-10,12H,11H2,1-2H3,(H,20,21)/b15-9-. The molecule has 1 aliphatic rings. The first-order valence-electron chi connectivity index (χ1n) is 7.65. The van der Waals surface area contributed by atoms with E-state index < -0.39 is 5.97 Å². The molecule has 0 bridgehead atoms. The van der Waals surface area contributed by atoms with E-state index in [0.29, 0.717) is 28.4 Å². The molecule has 0 spiro atoms. The van der Waals surface area contributed by atoms with Crippen LogP contribution in [0.1, 0.15) is 25.0 Å². The molecule has 5 heteroatoms. The molecule has 0 atom stereocenters. The zero-order valence-electron chi connectivity index (χ0n) is 13.5. The van der Waals surface area contributed by atoms with Gasteiger partial charge in [0, 0.05) is 5.56 Å². The largest absolute Gasteiger partial charge is 0.490 e. The summed E-state index contributed by atoms with van der Waals surface area (Å²) < 4.78 is 16.3. The molecule has 3 rings (SSSR count). The van der Waals surface area contributed by atoms with Crippen molar-refractivity contribution in [2.45, 2.75) is 20.0 Å². The van der Waals surface area contributed by atoms with Crippen molar-refractivity contribution in [3.05, 3.63) is 53.6 Å². The minimum Gasteiger partial charge on any atom is -0.490 e. The van der Waals surface area contributed by atoms with E-state index in [4.69, 9.17) is 14.2 Å². The number of fused-ring (bicyclic) bond motifs is 1. The molecule has 2 aromatic carbocycles. The number of hydrogen-bond acceptors (Lipinski definition) is 4. The fourth-order valence-electron chi connectivity index (χ4n) is 2.45. The third-order valence-corrected chi connectivity index (χ3v) is 3.50. The van der Waals surface area contributed by atoms with Gasteiger partial charge in [-0.2, -0.15) is 0 Å². The molecule has 0 saturated carbocycles. The normalized spacial score (nSPS) is 13.2. The zero-order valence-corrected chi connectivity index (χ0v) is 13.5. The lowest BCUT2D eigenvalue weighted by molar-refractivity contribution is -0.130. The first-order valence-corrected chi connectivity index (χ1v) is 7.65. The van der Waals surface area contributed by atoms with Crippen LogP contribution in [0.2, 0.25) is 0 Å². The molecule has 0 radical (unpaired) electrons. The number of aliphatic carboxylic acids is 1. The lowest BCUT2D eigenvalue weighted by atomic mass is 10.0. The van der Waals surface area contributed by atoms with Crippen LogP contribution >= 0.6 is 0 Å². The Morgan fingerprint density at radius 1 is 1.17 bits per heavy atom. The Morgan fingerprint density at radius 3 is 2.67 bits per heavy atom. The van der Waals surface area contributed by atoms with Crippen LogP contribution in [-0.2, 0) is 4.79 Å². The second-order valence-corrected chi connectivity index (χ2v) is 5.64. The Kier molecular flexibility index (Phi) is 4.42. The number of para-hydroxylation sites is 1. The van der Waals surface area contributed by atoms with Gasteiger partial charge in [-0.05, 0) is 43.7 Å². The summed E-state index contributed by atoms with van der Waals surface area (Å²) >= 11 is 0. The van der Waals surface area contributed by atoms with Crippen molar-refractivity contribution in [1.82, 2.24) is 0 Å². The van der Waals surface area contributed by atoms with Gasteiger partial charge < -0.3 is 19.3 Å². The summed E-state index contributed by atoms with van der Waals surface area (Å²) in [6.45, 7) is 4.00. The van der Waals surface area contributed by atoms with Crippen LogP contribution in [0.15, 0.2) is 42.5 Å². The number of ether oxygens (including phenoxy) is 3. The molecular weight excluding hydrogens is 308 g/mol. The number of rotatable bonds is 5. The Balaban J connectivity index is 2.03. The number of carboxylic acid groups (broad SMARTS) is 1. The van der Waals surface area contributed by atoms with E-state index in [-0.39, 0.29) is 18.5 Å². The van der Waals surface area contributed by atoms with Crippen LogP contribution in [0.5, 0.6) is 17.2 Å². The van der Waals surface area contributed by atoms with Gasteiger partial charge in [0.15, 0.2) is 11.5 Å². The maximum Gasteiger partial charge on any atom is 0.336 e. The van der Waals surface area contributed by atoms with Crippen molar-refractivity contribution >= 4 is 17.6 Å². The highest BCUT2D eigenvalue weighted by Gasteiger charge is 2.18. The average molecular weight is 326 g/mol. The van der Waals surface area contributed by atoms with Crippen LogP contribution in [0, 0.1) is 0 Å². The minimum atomic E-state index is -1.02. The van der Waals surface area contributed by atoms with Crippen LogP contribution in [0.25, 0.3) is 11.6 Å². The number of hydrogen-bond donors (Lipinski definition) is 1. The maximum absolute atomic E-state index is 11.8. The second kappa shape index (κ2) is 6.66. The van der Waals surface area contributed by atoms with Gasteiger partial charge in [0.25, 0.3) is 0 Å². The van der Waals surface area contributed by atoms with Crippen molar-refractivity contribution in [1.29, 1.82) is 0 Å². The summed E-state index contributed by atoms with van der Waals surface area (Å²) in [6, 6.07) is 12.4. The molecule has 0 unspecified atom stereocenters. The maximum atomic E-state index is 11.8. The summed E-state index contributed by atoms with van der Waals surface area (Å²) in [5.41, 5.74) is 1.42. The lowest BCUT2D eigenvalue weighted by Gasteiger charge is -2.13. The SMILES string of the molecule is CC(C)Oc1ccccc1/C=C(\C(=O)O)c1ccc2c(c1)OCO2. The van der Waals surface area contributed by atoms with Crippen LogP contribution < -0.4 is 14.2 Å². The van der Waals surface area contributed by atoms with E-state index in [2.05, 4.69) is 0 Å². The van der Waals surface area contributed by atoms with Gasteiger partial charge in [0.1, 0.15) is 5.75 Å². The molecule has 0 amide bonds. The van der Waals surface area contributed by atoms with Gasteiger partial charge in [-0.25, -0.2) is 4.79 Å². The zero-order chi connectivity index (χ0) is 17.1. The molecule has 1 heterocycles. The van der Waals surface area contributed by atoms with Crippen LogP contribution in [-0.4, -0.2) is 24.0 Å². The Morgan fingerprint density at radius 2 is 1.92 bits per heavy atom. The predicted octanol–water partition coefficient (Wildman–Crippen LogP) is 3.83. The molecule has 5 nitrogen and oxygen atoms in total. The smallest absolute Gasteiger partial charge is 0.336 e. The molecule has 0 saturated heterocycles. The van der Waals surface area contributed by atoms with Crippen LogP contribution in [0.4, 0.5) is 0 Å². The van der Waals surface area contributed by atoms with Crippen molar-refractivity contribution in [3.63, 3.8) is 0 Å². The van der Waals surface area contributed by atoms with Gasteiger partial charge in [0.05, 0.1) is 11.7 Å². The van der Waals surface area contributed by atoms with E-state index in [0.717, 1.165) is 0 Å². The van der Waals surface area contributed by atoms with E-state index in [1.165, 1.54) is 0 Å². The predicted molar refractivity (Wildman–Crippen MR) is 90.3 cm³/mol. The average Bonchev–Trinajstić information content (AvgIpc) is 3.00. The van der Waals surface area contributed by atoms with Crippen LogP contribution in [0.3, 0.4) is 0 Å². The van der Waals surface area contributed by atoms with Gasteiger partial charge in [0.2, 0.25) is 6.79 Å². The summed E-state index contributed by atoms with van der Waals surface area (Å²) in [4.78, 5) is 11.8. The molecule has 1 aliphatic heterocycles. The summed E-state index contributed by atoms with van der Waals surface area (Å²) in [5.74, 6) is 0.790. The third kappa shape index (κ3) is 3.35. The Hall–Kier alpha value is -2.95. The van der Waals surface area contributed by atoms with Gasteiger partial charge in [-0.15, -0.1) is 0 Å². The summed E-state index contributed by atoms with van der Waals surface area (Å²) in [6.07, 6.45) is 1.61. The van der Waals surface area contributed by atoms with E-state index in [9.17, 15) is 9.90 Å². The molecule has 1 N–H and O–H groups in total. The first kappa shape index (κ1) is 15.9. The molecule has 2 aromatic rings. The summed E-state index contributed by atoms with van der Waals surface area (Å²) in [5, 5.41) is 9.63. The summed E-state index contributed by atoms with van der Waals surface area (Å²) in [7, 11) is 0. The van der Waals surface area contributed by atoms with Gasteiger partial charge in [-0.3, -0.25) is 0 Å². The van der Waals surface area contributed by atoms with E-state index >= 15 is 0 Å². The van der Waals surface area contributed by atoms with Crippen molar-refractivity contribution in [3.8, 4) is 17.2 Å². The monoisotopic (exact) mass is 326 g/mol. The first-order chi connectivity index (χ1) is 11.5. The molecule has 0 fully saturated rings. The Labute approximate surface area is 140 Å². The highest BCUT2D eigenvalue weighted by atomic mass is 16.7. The third-order valence-electron chi connectivity index (χ3n) is 3.50. The van der Waals surface area contributed by atoms with Gasteiger partial charge >= 0.3 is 5.97 Å². The number of carboxylic acids is 1. The quantitative estimate of drug-likeness (QED) is 0.668. The topological polar surface area (TPSA) is 65.0 Å². The fraction of sp³-hybridized carbons (Fsp3) is 0.211. The van der Waals surface area contributed by atoms with Crippen molar-refractivity contribution in [2.24, 2.45) is 0 Å². The molecule has 0 aromatic heterocycles. The minimum absolute atomic E-state index is 0.00151. The molecule has 124 valence electrons. The molecule has 24 heavy (non-hydrogen) atoms. The highest BCUT2D eigenvalue weighted by Crippen LogP contribution is 2.35. The van der Waals surface area contributed by atoms with Crippen molar-refractivity contribution < 1.29 is 24.1 Å². The van der Waals surface area contributed by atoms with E-state index in [1.807, 2.05) is 38.1 Å². The second-order valence-electron chi connectivity index (χ2n) is 5.64. The molecular formula is C19H18O5.